The number of aliphatic hydroxyl groups excluding tert-OH is 1. The normalized spacial score (nSPS) is 8.12. The molecule has 0 aliphatic rings. The number of hydrogen-bond donors (Lipinski definition) is 1. The first kappa shape index (κ1) is 7.17. The minimum absolute atomic E-state index is 0.0337. The molecule has 0 saturated carbocycles. The number of carbonyl (C=O) groups excluding carboxylic acids is 1. The molecule has 0 rings (SSSR count). The molecule has 3 nitrogen and oxygen atoms in total. The van der Waals surface area contributed by atoms with Gasteiger partial charge in [-0.3, -0.25) is 4.79 Å². The highest BCUT2D eigenvalue weighted by atomic mass is 16.5. The van der Waals surface area contributed by atoms with Crippen LogP contribution in [0, 0.1) is 0 Å². The van der Waals surface area contributed by atoms with E-state index in [0.717, 1.165) is 6.26 Å². The Hall–Kier alpha value is -0.830. The molecule has 46 valence electrons. The molecule has 0 heterocycles. The minimum Gasteiger partial charge on any atom is -0.435 e. The van der Waals surface area contributed by atoms with Crippen molar-refractivity contribution in [3.05, 3.63) is 12.8 Å². The molecular formula is C5H8O3. The maximum absolute atomic E-state index is 10.2. The first-order chi connectivity index (χ1) is 3.81. The van der Waals surface area contributed by atoms with E-state index < -0.39 is 5.97 Å². The summed E-state index contributed by atoms with van der Waals surface area (Å²) in [5.41, 5.74) is 0. The van der Waals surface area contributed by atoms with Crippen molar-refractivity contribution in [1.82, 2.24) is 0 Å². The van der Waals surface area contributed by atoms with Gasteiger partial charge in [0.2, 0.25) is 0 Å². The van der Waals surface area contributed by atoms with Gasteiger partial charge in [0.25, 0.3) is 0 Å². The lowest BCUT2D eigenvalue weighted by Gasteiger charge is -1.91. The van der Waals surface area contributed by atoms with Crippen LogP contribution in [0.15, 0.2) is 12.8 Å². The van der Waals surface area contributed by atoms with Crippen molar-refractivity contribution in [2.75, 3.05) is 6.61 Å². The summed E-state index contributed by atoms with van der Waals surface area (Å²) in [5.74, 6) is -0.456. The van der Waals surface area contributed by atoms with Crippen LogP contribution in [-0.4, -0.2) is 17.7 Å². The van der Waals surface area contributed by atoms with Gasteiger partial charge in [0, 0.05) is 0 Å². The molecule has 0 saturated heterocycles. The molecule has 0 atom stereocenters. The van der Waals surface area contributed by atoms with Crippen molar-refractivity contribution in [1.29, 1.82) is 0 Å². The molecule has 1 N–H and O–H groups in total. The molecule has 0 fully saturated rings. The first-order valence-electron chi connectivity index (χ1n) is 2.22. The molecule has 0 spiro atoms. The summed E-state index contributed by atoms with van der Waals surface area (Å²) >= 11 is 0. The number of rotatable bonds is 3. The van der Waals surface area contributed by atoms with Gasteiger partial charge in [0.1, 0.15) is 0 Å². The van der Waals surface area contributed by atoms with Crippen molar-refractivity contribution in [3.63, 3.8) is 0 Å². The highest BCUT2D eigenvalue weighted by Gasteiger charge is 1.95. The number of esters is 1. The SMILES string of the molecule is C=COC(=O)CCO. The third-order valence-corrected chi connectivity index (χ3v) is 0.531. The molecule has 0 aromatic carbocycles. The molecule has 0 aromatic rings. The Morgan fingerprint density at radius 1 is 1.88 bits per heavy atom. The van der Waals surface area contributed by atoms with Gasteiger partial charge >= 0.3 is 5.97 Å². The van der Waals surface area contributed by atoms with Crippen LogP contribution in [-0.2, 0) is 9.53 Å². The van der Waals surface area contributed by atoms with E-state index in [2.05, 4.69) is 11.3 Å². The number of ether oxygens (including phenoxy) is 1. The smallest absolute Gasteiger partial charge is 0.312 e. The summed E-state index contributed by atoms with van der Waals surface area (Å²) in [6.07, 6.45) is 1.07. The molecule has 0 bridgehead atoms. The molecule has 3 heteroatoms. The first-order valence-corrected chi connectivity index (χ1v) is 2.22. The third-order valence-electron chi connectivity index (χ3n) is 0.531. The van der Waals surface area contributed by atoms with Crippen LogP contribution in [0.4, 0.5) is 0 Å². The van der Waals surface area contributed by atoms with Crippen LogP contribution in [0.5, 0.6) is 0 Å². The zero-order chi connectivity index (χ0) is 6.41. The maximum atomic E-state index is 10.2. The van der Waals surface area contributed by atoms with E-state index in [0.29, 0.717) is 0 Å². The monoisotopic (exact) mass is 116 g/mol. The van der Waals surface area contributed by atoms with Gasteiger partial charge in [-0.15, -0.1) is 0 Å². The van der Waals surface area contributed by atoms with Gasteiger partial charge in [-0.1, -0.05) is 6.58 Å². The highest BCUT2D eigenvalue weighted by molar-refractivity contribution is 5.69. The van der Waals surface area contributed by atoms with Crippen molar-refractivity contribution >= 4 is 5.97 Å². The van der Waals surface area contributed by atoms with Crippen LogP contribution in [0.2, 0.25) is 0 Å². The molecule has 0 amide bonds. The Labute approximate surface area is 47.6 Å². The van der Waals surface area contributed by atoms with E-state index in [1.54, 1.807) is 0 Å². The number of carbonyl (C=O) groups is 1. The van der Waals surface area contributed by atoms with Crippen molar-refractivity contribution in [2.24, 2.45) is 0 Å². The second-order valence-corrected chi connectivity index (χ2v) is 1.13. The van der Waals surface area contributed by atoms with Gasteiger partial charge in [0.05, 0.1) is 19.3 Å². The summed E-state index contributed by atoms with van der Waals surface area (Å²) in [4.78, 5) is 10.2. The van der Waals surface area contributed by atoms with Gasteiger partial charge in [-0.2, -0.15) is 0 Å². The predicted molar refractivity (Wildman–Crippen MR) is 28.0 cm³/mol. The van der Waals surface area contributed by atoms with Crippen molar-refractivity contribution in [2.45, 2.75) is 6.42 Å². The summed E-state index contributed by atoms with van der Waals surface area (Å²) in [7, 11) is 0. The van der Waals surface area contributed by atoms with Crippen LogP contribution in [0.25, 0.3) is 0 Å². The Morgan fingerprint density at radius 2 is 2.50 bits per heavy atom. The van der Waals surface area contributed by atoms with Gasteiger partial charge < -0.3 is 9.84 Å². The van der Waals surface area contributed by atoms with Crippen LogP contribution < -0.4 is 0 Å². The average molecular weight is 116 g/mol. The standard InChI is InChI=1S/C5H8O3/c1-2-8-5(7)3-4-6/h2,6H,1,3-4H2. The summed E-state index contributed by atoms with van der Waals surface area (Å²) in [5, 5.41) is 8.13. The number of aliphatic hydroxyl groups is 1. The summed E-state index contributed by atoms with van der Waals surface area (Å²) in [6, 6.07) is 0. The lowest BCUT2D eigenvalue weighted by molar-refractivity contribution is -0.138. The lowest BCUT2D eigenvalue weighted by atomic mass is 10.5. The highest BCUT2D eigenvalue weighted by Crippen LogP contribution is 1.82. The molecule has 0 aromatic heterocycles. The molecule has 0 radical (unpaired) electrons. The van der Waals surface area contributed by atoms with Gasteiger partial charge in [0.15, 0.2) is 0 Å². The lowest BCUT2D eigenvalue weighted by Crippen LogP contribution is -2.00. The van der Waals surface area contributed by atoms with E-state index >= 15 is 0 Å². The van der Waals surface area contributed by atoms with E-state index in [4.69, 9.17) is 5.11 Å². The fraction of sp³-hybridized carbons (Fsp3) is 0.400. The van der Waals surface area contributed by atoms with Gasteiger partial charge in [-0.25, -0.2) is 0 Å². The Bertz CT molecular complexity index is 87.7. The second kappa shape index (κ2) is 4.33. The third kappa shape index (κ3) is 3.36. The topological polar surface area (TPSA) is 46.5 Å². The van der Waals surface area contributed by atoms with Crippen LogP contribution in [0.1, 0.15) is 6.42 Å². The zero-order valence-electron chi connectivity index (χ0n) is 4.46. The average Bonchev–Trinajstić information content (AvgIpc) is 1.68. The quantitative estimate of drug-likeness (QED) is 0.418. The summed E-state index contributed by atoms with van der Waals surface area (Å²) < 4.78 is 4.25. The molecule has 0 unspecified atom stereocenters. The van der Waals surface area contributed by atoms with Crippen LogP contribution in [0.3, 0.4) is 0 Å². The molecule has 8 heavy (non-hydrogen) atoms. The minimum atomic E-state index is -0.456. The maximum Gasteiger partial charge on any atom is 0.312 e. The summed E-state index contributed by atoms with van der Waals surface area (Å²) in [6.45, 7) is 2.98. The largest absolute Gasteiger partial charge is 0.435 e. The molecular weight excluding hydrogens is 108 g/mol. The fourth-order valence-corrected chi connectivity index (χ4v) is 0.243. The van der Waals surface area contributed by atoms with Gasteiger partial charge in [-0.05, 0) is 0 Å². The fourth-order valence-electron chi connectivity index (χ4n) is 0.243. The Morgan fingerprint density at radius 3 is 2.88 bits per heavy atom. The Balaban J connectivity index is 3.18. The van der Waals surface area contributed by atoms with E-state index in [9.17, 15) is 4.79 Å². The molecule has 0 aliphatic carbocycles. The zero-order valence-corrected chi connectivity index (χ0v) is 4.46. The number of hydrogen-bond acceptors (Lipinski definition) is 3. The Kier molecular flexibility index (Phi) is 3.88. The van der Waals surface area contributed by atoms with Crippen LogP contribution >= 0.6 is 0 Å². The van der Waals surface area contributed by atoms with E-state index in [1.165, 1.54) is 0 Å². The van der Waals surface area contributed by atoms with Crippen molar-refractivity contribution in [3.8, 4) is 0 Å². The molecule has 0 aliphatic heterocycles. The van der Waals surface area contributed by atoms with E-state index in [-0.39, 0.29) is 13.0 Å². The van der Waals surface area contributed by atoms with Crippen molar-refractivity contribution < 1.29 is 14.6 Å². The second-order valence-electron chi connectivity index (χ2n) is 1.13. The predicted octanol–water partition coefficient (Wildman–Crippen LogP) is 0.0555. The van der Waals surface area contributed by atoms with E-state index in [1.807, 2.05) is 0 Å².